The molecule has 3 rings (SSSR count). The number of aryl methyl sites for hydroxylation is 1. The second kappa shape index (κ2) is 10.0. The normalized spacial score (nSPS) is 16.7. The van der Waals surface area contributed by atoms with Gasteiger partial charge in [-0.2, -0.15) is 0 Å². The lowest BCUT2D eigenvalue weighted by atomic mass is 10.1. The Kier molecular flexibility index (Phi) is 7.55. The summed E-state index contributed by atoms with van der Waals surface area (Å²) in [5, 5.41) is 12.1. The maximum atomic E-state index is 14.6. The van der Waals surface area contributed by atoms with Crippen LogP contribution in [0.5, 0.6) is 5.75 Å². The van der Waals surface area contributed by atoms with Crippen LogP contribution in [0.2, 0.25) is 0 Å². The van der Waals surface area contributed by atoms with E-state index in [2.05, 4.69) is 5.32 Å². The highest BCUT2D eigenvalue weighted by Gasteiger charge is 2.43. The van der Waals surface area contributed by atoms with Gasteiger partial charge in [-0.05, 0) is 68.6 Å². The van der Waals surface area contributed by atoms with E-state index in [1.54, 1.807) is 18.2 Å². The molecule has 0 bridgehead atoms. The van der Waals surface area contributed by atoms with Gasteiger partial charge >= 0.3 is 0 Å². The van der Waals surface area contributed by atoms with Crippen molar-refractivity contribution in [3.63, 3.8) is 0 Å². The first-order valence-corrected chi connectivity index (χ1v) is 12.5. The molecule has 1 fully saturated rings. The number of benzene rings is 1. The number of nitrogens with zero attached hydrogens (tertiary/aromatic N) is 1. The van der Waals surface area contributed by atoms with Crippen molar-refractivity contribution in [2.75, 3.05) is 19.3 Å². The van der Waals surface area contributed by atoms with E-state index in [9.17, 15) is 22.4 Å². The third-order valence-corrected chi connectivity index (χ3v) is 8.10. The van der Waals surface area contributed by atoms with E-state index in [0.717, 1.165) is 32.2 Å². The van der Waals surface area contributed by atoms with E-state index in [0.29, 0.717) is 11.1 Å². The number of carbonyl (C=O) groups excluding carboxylic acids is 1. The molecule has 1 atom stereocenters. The Labute approximate surface area is 191 Å². The van der Waals surface area contributed by atoms with Gasteiger partial charge in [-0.3, -0.25) is 14.8 Å². The minimum absolute atomic E-state index is 0.0407. The highest BCUT2D eigenvalue weighted by atomic mass is 32.2. The summed E-state index contributed by atoms with van der Waals surface area (Å²) in [6, 6.07) is 7.44. The largest absolute Gasteiger partial charge is 0.487 e. The molecule has 0 spiro atoms. The Morgan fingerprint density at radius 2 is 1.94 bits per heavy atom. The van der Waals surface area contributed by atoms with Crippen molar-refractivity contribution in [1.82, 2.24) is 15.4 Å². The zero-order valence-corrected chi connectivity index (χ0v) is 19.3. The molecule has 0 saturated carbocycles. The summed E-state index contributed by atoms with van der Waals surface area (Å²) in [4.78, 5) is 24.5. The van der Waals surface area contributed by atoms with Gasteiger partial charge in [-0.15, -0.1) is 0 Å². The average Bonchev–Trinajstić information content (AvgIpc) is 2.78. The van der Waals surface area contributed by atoms with Gasteiger partial charge in [0.05, 0.1) is 0 Å². The van der Waals surface area contributed by atoms with Crippen molar-refractivity contribution in [3.8, 4) is 16.9 Å². The van der Waals surface area contributed by atoms with Crippen LogP contribution < -0.4 is 21.1 Å². The molecule has 0 radical (unpaired) electrons. The fourth-order valence-electron chi connectivity index (χ4n) is 3.66. The molecular weight excluding hydrogens is 453 g/mol. The number of halogens is 1. The number of piperidine rings is 1. The molecule has 1 amide bonds. The standard InChI is InChI=1S/C22H28FN3O6S/c1-22(21(28)25-29,33(2,30)31)8-12-26-11-7-16(14-20(26)27)15-3-4-19(18(23)13-15)32-17-5-9-24-10-6-17/h3-4,7,11,13-14,17,24,29H,5-6,8-10,12H2,1-2H3,(H,25,28)/t22-/m1/s1. The molecule has 180 valence electrons. The zero-order valence-electron chi connectivity index (χ0n) is 18.5. The fourth-order valence-corrected chi connectivity index (χ4v) is 4.50. The predicted molar refractivity (Wildman–Crippen MR) is 120 cm³/mol. The van der Waals surface area contributed by atoms with E-state index in [1.165, 1.54) is 35.3 Å². The molecule has 9 nitrogen and oxygen atoms in total. The number of nitrogens with one attached hydrogen (secondary N) is 2. The maximum absolute atomic E-state index is 14.6. The Morgan fingerprint density at radius 1 is 1.27 bits per heavy atom. The topological polar surface area (TPSA) is 127 Å². The summed E-state index contributed by atoms with van der Waals surface area (Å²) in [5.41, 5.74) is 1.92. The fraction of sp³-hybridized carbons (Fsp3) is 0.455. The number of amides is 1. The summed E-state index contributed by atoms with van der Waals surface area (Å²) < 4.78 is 43.9. The third-order valence-electron chi connectivity index (χ3n) is 6.07. The maximum Gasteiger partial charge on any atom is 0.264 e. The Morgan fingerprint density at radius 3 is 2.52 bits per heavy atom. The van der Waals surface area contributed by atoms with Gasteiger partial charge < -0.3 is 14.6 Å². The van der Waals surface area contributed by atoms with Crippen LogP contribution in [0.15, 0.2) is 41.3 Å². The van der Waals surface area contributed by atoms with Gasteiger partial charge in [0.1, 0.15) is 6.10 Å². The molecule has 11 heteroatoms. The zero-order chi connectivity index (χ0) is 24.2. The number of rotatable bonds is 8. The van der Waals surface area contributed by atoms with Crippen molar-refractivity contribution < 1.29 is 27.5 Å². The molecule has 33 heavy (non-hydrogen) atoms. The molecule has 1 saturated heterocycles. The lowest BCUT2D eigenvalue weighted by Gasteiger charge is -2.25. The minimum atomic E-state index is -3.87. The van der Waals surface area contributed by atoms with E-state index >= 15 is 0 Å². The number of carbonyl (C=O) groups is 1. The Balaban J connectivity index is 1.75. The molecule has 2 aromatic rings. The molecule has 0 unspecified atom stereocenters. The number of hydrogen-bond donors (Lipinski definition) is 3. The lowest BCUT2D eigenvalue weighted by molar-refractivity contribution is -0.131. The summed E-state index contributed by atoms with van der Waals surface area (Å²) in [7, 11) is -3.87. The molecular formula is C22H28FN3O6S. The summed E-state index contributed by atoms with van der Waals surface area (Å²) in [6.45, 7) is 2.76. The third kappa shape index (κ3) is 5.60. The van der Waals surface area contributed by atoms with Crippen LogP contribution in [0.1, 0.15) is 26.2 Å². The van der Waals surface area contributed by atoms with Gasteiger partial charge in [0, 0.05) is 25.1 Å². The number of ether oxygens (including phenoxy) is 1. The van der Waals surface area contributed by atoms with Crippen LogP contribution in [0.3, 0.4) is 0 Å². The van der Waals surface area contributed by atoms with Crippen LogP contribution in [0, 0.1) is 5.82 Å². The Bertz CT molecular complexity index is 1180. The van der Waals surface area contributed by atoms with Crippen molar-refractivity contribution in [2.24, 2.45) is 0 Å². The van der Waals surface area contributed by atoms with E-state index in [1.807, 2.05) is 0 Å². The second-order valence-corrected chi connectivity index (χ2v) is 10.8. The average molecular weight is 482 g/mol. The summed E-state index contributed by atoms with van der Waals surface area (Å²) in [5.74, 6) is -1.42. The SMILES string of the molecule is C[C@@](CCn1ccc(-c2ccc(OC3CCNCC3)c(F)c2)cc1=O)(C(=O)NO)S(C)(=O)=O. The quantitative estimate of drug-likeness (QED) is 0.385. The van der Waals surface area contributed by atoms with Crippen molar-refractivity contribution in [1.29, 1.82) is 0 Å². The van der Waals surface area contributed by atoms with Gasteiger partial charge in [-0.25, -0.2) is 18.3 Å². The molecule has 1 aliphatic rings. The number of hydrogen-bond acceptors (Lipinski definition) is 7. The summed E-state index contributed by atoms with van der Waals surface area (Å²) in [6.07, 6.45) is 3.68. The summed E-state index contributed by atoms with van der Waals surface area (Å²) >= 11 is 0. The molecule has 1 aliphatic heterocycles. The van der Waals surface area contributed by atoms with E-state index < -0.39 is 31.9 Å². The van der Waals surface area contributed by atoms with Crippen LogP contribution in [0.25, 0.3) is 11.1 Å². The van der Waals surface area contributed by atoms with Gasteiger partial charge in [0.25, 0.3) is 11.5 Å². The Hall–Kier alpha value is -2.76. The first kappa shape index (κ1) is 24.9. The monoisotopic (exact) mass is 481 g/mol. The predicted octanol–water partition coefficient (Wildman–Crippen LogP) is 1.48. The van der Waals surface area contributed by atoms with Crippen molar-refractivity contribution in [2.45, 2.75) is 43.6 Å². The lowest BCUT2D eigenvalue weighted by Crippen LogP contribution is -2.49. The number of pyridine rings is 1. The number of hydroxylamine groups is 1. The van der Waals surface area contributed by atoms with Gasteiger partial charge in [-0.1, -0.05) is 6.07 Å². The van der Waals surface area contributed by atoms with Crippen LogP contribution in [-0.2, 0) is 21.2 Å². The van der Waals surface area contributed by atoms with E-state index in [-0.39, 0.29) is 24.8 Å². The van der Waals surface area contributed by atoms with E-state index in [4.69, 9.17) is 9.94 Å². The van der Waals surface area contributed by atoms with Crippen molar-refractivity contribution >= 4 is 15.7 Å². The van der Waals surface area contributed by atoms with Gasteiger partial charge in [0.2, 0.25) is 0 Å². The molecule has 0 aliphatic carbocycles. The smallest absolute Gasteiger partial charge is 0.264 e. The van der Waals surface area contributed by atoms with Crippen LogP contribution in [0.4, 0.5) is 4.39 Å². The van der Waals surface area contributed by atoms with Gasteiger partial charge in [0.15, 0.2) is 26.2 Å². The van der Waals surface area contributed by atoms with Crippen LogP contribution in [-0.4, -0.2) is 54.3 Å². The number of sulfone groups is 1. The molecule has 1 aromatic carbocycles. The first-order chi connectivity index (χ1) is 15.5. The highest BCUT2D eigenvalue weighted by Crippen LogP contribution is 2.27. The first-order valence-electron chi connectivity index (χ1n) is 10.6. The molecule has 3 N–H and O–H groups in total. The van der Waals surface area contributed by atoms with Crippen molar-refractivity contribution in [3.05, 3.63) is 52.7 Å². The molecule has 2 heterocycles. The minimum Gasteiger partial charge on any atom is -0.487 e. The molecule has 1 aromatic heterocycles. The second-order valence-electron chi connectivity index (χ2n) is 8.35. The number of aromatic nitrogens is 1. The van der Waals surface area contributed by atoms with Crippen LogP contribution >= 0.6 is 0 Å². The highest BCUT2D eigenvalue weighted by molar-refractivity contribution is 7.92.